The highest BCUT2D eigenvalue weighted by Gasteiger charge is 2.27. The molecule has 0 amide bonds. The van der Waals surface area contributed by atoms with Crippen molar-refractivity contribution in [2.45, 2.75) is 31.1 Å². The maximum absolute atomic E-state index is 12.2. The summed E-state index contributed by atoms with van der Waals surface area (Å²) in [6.45, 7) is 3.27. The van der Waals surface area contributed by atoms with Crippen LogP contribution >= 0.6 is 0 Å². The molecule has 18 heavy (non-hydrogen) atoms. The Morgan fingerprint density at radius 3 is 2.94 bits per heavy atom. The van der Waals surface area contributed by atoms with Gasteiger partial charge in [-0.05, 0) is 26.3 Å². The third-order valence-electron chi connectivity index (χ3n) is 3.09. The van der Waals surface area contributed by atoms with Crippen molar-refractivity contribution < 1.29 is 8.42 Å². The Kier molecular flexibility index (Phi) is 4.26. The summed E-state index contributed by atoms with van der Waals surface area (Å²) in [5.41, 5.74) is 0.466. The zero-order chi connectivity index (χ0) is 13.0. The van der Waals surface area contributed by atoms with Gasteiger partial charge in [-0.2, -0.15) is 0 Å². The molecule has 1 fully saturated rings. The van der Waals surface area contributed by atoms with Gasteiger partial charge in [-0.15, -0.1) is 0 Å². The molecule has 0 radical (unpaired) electrons. The van der Waals surface area contributed by atoms with Crippen LogP contribution in [0.15, 0.2) is 18.6 Å². The molecule has 0 bridgehead atoms. The standard InChI is InChI=1S/C11H18N4O2S/c1-9(11-8-13-5-6-14-11)18(16,17)15-10-3-2-4-12-7-10/h5-6,8-10,12,15H,2-4,7H2,1H3. The third kappa shape index (κ3) is 3.24. The molecular weight excluding hydrogens is 252 g/mol. The smallest absolute Gasteiger partial charge is 0.220 e. The van der Waals surface area contributed by atoms with Gasteiger partial charge in [-0.1, -0.05) is 0 Å². The Morgan fingerprint density at radius 1 is 1.50 bits per heavy atom. The topological polar surface area (TPSA) is 84.0 Å². The Morgan fingerprint density at radius 2 is 2.33 bits per heavy atom. The van der Waals surface area contributed by atoms with Crippen molar-refractivity contribution >= 4 is 10.0 Å². The summed E-state index contributed by atoms with van der Waals surface area (Å²) in [4.78, 5) is 7.94. The van der Waals surface area contributed by atoms with Gasteiger partial charge < -0.3 is 5.32 Å². The fraction of sp³-hybridized carbons (Fsp3) is 0.636. The van der Waals surface area contributed by atoms with Gasteiger partial charge in [0, 0.05) is 31.2 Å². The molecule has 7 heteroatoms. The molecule has 2 N–H and O–H groups in total. The molecule has 1 aliphatic rings. The van der Waals surface area contributed by atoms with Crippen molar-refractivity contribution in [2.75, 3.05) is 13.1 Å². The molecule has 0 spiro atoms. The summed E-state index contributed by atoms with van der Waals surface area (Å²) in [5, 5.41) is 2.49. The first kappa shape index (κ1) is 13.4. The lowest BCUT2D eigenvalue weighted by molar-refractivity contribution is 0.427. The Hall–Kier alpha value is -1.05. The lowest BCUT2D eigenvalue weighted by atomic mass is 10.1. The molecule has 6 nitrogen and oxygen atoms in total. The van der Waals surface area contributed by atoms with Gasteiger partial charge in [0.05, 0.1) is 5.69 Å². The van der Waals surface area contributed by atoms with E-state index in [4.69, 9.17) is 0 Å². The normalized spacial score (nSPS) is 22.6. The third-order valence-corrected chi connectivity index (χ3v) is 4.93. The fourth-order valence-corrected chi connectivity index (χ4v) is 3.28. The fourth-order valence-electron chi connectivity index (χ4n) is 1.97. The predicted octanol–water partition coefficient (Wildman–Crippen LogP) is 0.209. The number of hydrogen-bond donors (Lipinski definition) is 2. The highest BCUT2D eigenvalue weighted by molar-refractivity contribution is 7.89. The van der Waals surface area contributed by atoms with Crippen molar-refractivity contribution in [3.05, 3.63) is 24.3 Å². The highest BCUT2D eigenvalue weighted by atomic mass is 32.2. The van der Waals surface area contributed by atoms with Crippen LogP contribution in [0, 0.1) is 0 Å². The number of hydrogen-bond acceptors (Lipinski definition) is 5. The molecule has 2 atom stereocenters. The van der Waals surface area contributed by atoms with Gasteiger partial charge in [0.25, 0.3) is 0 Å². The summed E-state index contributed by atoms with van der Waals surface area (Å²) in [7, 11) is -3.41. The largest absolute Gasteiger partial charge is 0.315 e. The summed E-state index contributed by atoms with van der Waals surface area (Å²) >= 11 is 0. The zero-order valence-electron chi connectivity index (χ0n) is 10.3. The van der Waals surface area contributed by atoms with E-state index in [1.165, 1.54) is 18.6 Å². The van der Waals surface area contributed by atoms with Gasteiger partial charge in [-0.25, -0.2) is 13.1 Å². The van der Waals surface area contributed by atoms with Gasteiger partial charge in [0.2, 0.25) is 10.0 Å². The van der Waals surface area contributed by atoms with E-state index in [2.05, 4.69) is 20.0 Å². The maximum Gasteiger partial charge on any atom is 0.220 e. The number of nitrogens with one attached hydrogen (secondary N) is 2. The van der Waals surface area contributed by atoms with Crippen LogP contribution in [-0.2, 0) is 10.0 Å². The first-order valence-corrected chi connectivity index (χ1v) is 7.62. The second-order valence-corrected chi connectivity index (χ2v) is 6.51. The van der Waals surface area contributed by atoms with Crippen LogP contribution in [0.1, 0.15) is 30.7 Å². The van der Waals surface area contributed by atoms with E-state index in [-0.39, 0.29) is 6.04 Å². The van der Waals surface area contributed by atoms with Crippen molar-refractivity contribution in [3.8, 4) is 0 Å². The summed E-state index contributed by atoms with van der Waals surface area (Å²) in [5.74, 6) is 0. The minimum Gasteiger partial charge on any atom is -0.315 e. The van der Waals surface area contributed by atoms with Crippen LogP contribution in [0.3, 0.4) is 0 Å². The highest BCUT2D eigenvalue weighted by Crippen LogP contribution is 2.18. The molecule has 1 aromatic heterocycles. The molecule has 0 aliphatic carbocycles. The number of piperidine rings is 1. The molecule has 0 saturated carbocycles. The molecule has 1 aromatic rings. The van der Waals surface area contributed by atoms with E-state index in [1.54, 1.807) is 6.92 Å². The van der Waals surface area contributed by atoms with Gasteiger partial charge in [0.15, 0.2) is 0 Å². The molecule has 1 aliphatic heterocycles. The van der Waals surface area contributed by atoms with E-state index in [0.717, 1.165) is 19.4 Å². The second kappa shape index (κ2) is 5.73. The monoisotopic (exact) mass is 270 g/mol. The van der Waals surface area contributed by atoms with Gasteiger partial charge in [-0.3, -0.25) is 9.97 Å². The van der Waals surface area contributed by atoms with Crippen LogP contribution in [-0.4, -0.2) is 37.5 Å². The molecule has 2 unspecified atom stereocenters. The molecule has 100 valence electrons. The van der Waals surface area contributed by atoms with Gasteiger partial charge in [0.1, 0.15) is 5.25 Å². The van der Waals surface area contributed by atoms with Crippen molar-refractivity contribution in [3.63, 3.8) is 0 Å². The van der Waals surface area contributed by atoms with E-state index in [1.807, 2.05) is 0 Å². The number of aromatic nitrogens is 2. The van der Waals surface area contributed by atoms with Crippen molar-refractivity contribution in [2.24, 2.45) is 0 Å². The number of sulfonamides is 1. The van der Waals surface area contributed by atoms with Crippen LogP contribution < -0.4 is 10.0 Å². The Balaban J connectivity index is 2.06. The lowest BCUT2D eigenvalue weighted by Crippen LogP contribution is -2.46. The van der Waals surface area contributed by atoms with Crippen LogP contribution in [0.5, 0.6) is 0 Å². The Bertz CT molecular complexity index is 471. The summed E-state index contributed by atoms with van der Waals surface area (Å²) in [6, 6.07) is -0.0251. The maximum atomic E-state index is 12.2. The minimum absolute atomic E-state index is 0.0251. The van der Waals surface area contributed by atoms with Crippen LogP contribution in [0.4, 0.5) is 0 Å². The first-order chi connectivity index (χ1) is 8.59. The van der Waals surface area contributed by atoms with Crippen molar-refractivity contribution in [1.29, 1.82) is 0 Å². The first-order valence-electron chi connectivity index (χ1n) is 6.07. The summed E-state index contributed by atoms with van der Waals surface area (Å²) in [6.07, 6.45) is 6.39. The molecule has 1 saturated heterocycles. The molecular formula is C11H18N4O2S. The SMILES string of the molecule is CC(c1cnccn1)S(=O)(=O)NC1CCCNC1. The number of rotatable bonds is 4. The lowest BCUT2D eigenvalue weighted by Gasteiger charge is -2.25. The van der Waals surface area contributed by atoms with E-state index >= 15 is 0 Å². The predicted molar refractivity (Wildman–Crippen MR) is 68.4 cm³/mol. The average molecular weight is 270 g/mol. The van der Waals surface area contributed by atoms with E-state index in [0.29, 0.717) is 12.2 Å². The van der Waals surface area contributed by atoms with Crippen LogP contribution in [0.25, 0.3) is 0 Å². The van der Waals surface area contributed by atoms with Gasteiger partial charge >= 0.3 is 0 Å². The Labute approximate surface area is 107 Å². The van der Waals surface area contributed by atoms with Crippen LogP contribution in [0.2, 0.25) is 0 Å². The van der Waals surface area contributed by atoms with Crippen molar-refractivity contribution in [1.82, 2.24) is 20.0 Å². The van der Waals surface area contributed by atoms with E-state index in [9.17, 15) is 8.42 Å². The quantitative estimate of drug-likeness (QED) is 0.817. The zero-order valence-corrected chi connectivity index (χ0v) is 11.2. The molecule has 2 heterocycles. The second-order valence-electron chi connectivity index (χ2n) is 4.48. The summed E-state index contributed by atoms with van der Waals surface area (Å²) < 4.78 is 27.1. The molecule has 2 rings (SSSR count). The van der Waals surface area contributed by atoms with E-state index < -0.39 is 15.3 Å². The minimum atomic E-state index is -3.41. The average Bonchev–Trinajstić information content (AvgIpc) is 2.39. The molecule has 0 aromatic carbocycles. The number of nitrogens with zero attached hydrogens (tertiary/aromatic N) is 2.